The average Bonchev–Trinajstić information content (AvgIpc) is 3.03. The predicted molar refractivity (Wildman–Crippen MR) is 171 cm³/mol. The fraction of sp³-hybridized carbons (Fsp3) is 0.771. The van der Waals surface area contributed by atoms with Gasteiger partial charge in [-0.05, 0) is 18.6 Å². The molecule has 0 spiro atoms. The molecule has 8 nitrogen and oxygen atoms in total. The maximum absolute atomic E-state index is 11.8. The molecule has 0 saturated heterocycles. The van der Waals surface area contributed by atoms with Gasteiger partial charge in [0.05, 0.1) is 58.4 Å². The molecule has 0 aliphatic heterocycles. The summed E-state index contributed by atoms with van der Waals surface area (Å²) in [6, 6.07) is 8.87. The molecule has 0 fully saturated rings. The zero-order valence-electron chi connectivity index (χ0n) is 27.0. The first-order valence-electron chi connectivity index (χ1n) is 16.9. The summed E-state index contributed by atoms with van der Waals surface area (Å²) in [6.07, 6.45) is 20.2. The molecule has 0 saturated carbocycles. The van der Waals surface area contributed by atoms with Gasteiger partial charge in [0.25, 0.3) is 0 Å². The average molecular weight is 609 g/mol. The maximum Gasteiger partial charge on any atom is 0.338 e. The first kappa shape index (κ1) is 39.0. The molecule has 0 N–H and O–H groups in total. The number of unbranched alkanes of at least 4 members (excludes halogenated alkanes) is 14. The van der Waals surface area contributed by atoms with E-state index in [2.05, 4.69) is 6.92 Å². The van der Waals surface area contributed by atoms with Crippen LogP contribution < -0.4 is 0 Å². The highest BCUT2D eigenvalue weighted by molar-refractivity contribution is 5.89. The summed E-state index contributed by atoms with van der Waals surface area (Å²) in [7, 11) is 0. The van der Waals surface area contributed by atoms with Crippen molar-refractivity contribution in [1.82, 2.24) is 0 Å². The third kappa shape index (κ3) is 27.3. The lowest BCUT2D eigenvalue weighted by Gasteiger charge is -2.08. The van der Waals surface area contributed by atoms with Crippen molar-refractivity contribution in [3.8, 4) is 0 Å². The standard InChI is InChI=1S/C35H60O8/c1-2-3-4-5-6-7-8-9-10-11-12-13-14-15-19-22-34(36)42-31-29-40-27-25-38-23-24-39-26-28-41-30-32-43-35(37)33-20-17-16-18-21-33/h16-18,20-21H,2-15,19,22-32H2,1H3. The summed E-state index contributed by atoms with van der Waals surface area (Å²) in [5.74, 6) is -0.489. The lowest BCUT2D eigenvalue weighted by molar-refractivity contribution is -0.145. The number of ether oxygens (including phenoxy) is 6. The van der Waals surface area contributed by atoms with E-state index in [0.717, 1.165) is 12.8 Å². The molecule has 1 rings (SSSR count). The zero-order valence-corrected chi connectivity index (χ0v) is 27.0. The van der Waals surface area contributed by atoms with Gasteiger partial charge in [-0.2, -0.15) is 0 Å². The van der Waals surface area contributed by atoms with Crippen LogP contribution in [-0.4, -0.2) is 78.0 Å². The third-order valence-electron chi connectivity index (χ3n) is 7.06. The molecule has 0 aliphatic rings. The summed E-state index contributed by atoms with van der Waals surface area (Å²) in [5.41, 5.74) is 0.528. The summed E-state index contributed by atoms with van der Waals surface area (Å²) < 4.78 is 32.1. The Morgan fingerprint density at radius 3 is 1.28 bits per heavy atom. The number of benzene rings is 1. The van der Waals surface area contributed by atoms with Crippen LogP contribution >= 0.6 is 0 Å². The second-order valence-corrected chi connectivity index (χ2v) is 10.9. The van der Waals surface area contributed by atoms with Crippen molar-refractivity contribution in [3.63, 3.8) is 0 Å². The van der Waals surface area contributed by atoms with Crippen LogP contribution in [0, 0.1) is 0 Å². The molecule has 0 unspecified atom stereocenters. The topological polar surface area (TPSA) is 89.5 Å². The molecule has 248 valence electrons. The van der Waals surface area contributed by atoms with Crippen LogP contribution in [0.4, 0.5) is 0 Å². The minimum absolute atomic E-state index is 0.135. The van der Waals surface area contributed by atoms with E-state index in [1.54, 1.807) is 24.3 Å². The summed E-state index contributed by atoms with van der Waals surface area (Å²) in [6.45, 7) is 6.15. The Morgan fingerprint density at radius 1 is 0.465 bits per heavy atom. The molecule has 1 aromatic rings. The van der Waals surface area contributed by atoms with Crippen molar-refractivity contribution in [2.24, 2.45) is 0 Å². The summed E-state index contributed by atoms with van der Waals surface area (Å²) in [4.78, 5) is 23.6. The fourth-order valence-electron chi connectivity index (χ4n) is 4.54. The molecule has 1 aromatic carbocycles. The van der Waals surface area contributed by atoms with Crippen molar-refractivity contribution in [2.75, 3.05) is 66.1 Å². The van der Waals surface area contributed by atoms with Gasteiger partial charge >= 0.3 is 11.9 Å². The lowest BCUT2D eigenvalue weighted by atomic mass is 10.0. The Kier molecular flexibility index (Phi) is 28.5. The Morgan fingerprint density at radius 2 is 0.837 bits per heavy atom. The number of esters is 2. The van der Waals surface area contributed by atoms with Crippen LogP contribution in [0.25, 0.3) is 0 Å². The minimum atomic E-state index is -0.354. The van der Waals surface area contributed by atoms with Crippen LogP contribution in [0.5, 0.6) is 0 Å². The molecule has 0 heterocycles. The Hall–Kier alpha value is -2.00. The molecule has 0 bridgehead atoms. The van der Waals surface area contributed by atoms with E-state index < -0.39 is 0 Å². The van der Waals surface area contributed by atoms with Gasteiger partial charge in [-0.1, -0.05) is 115 Å². The molecular weight excluding hydrogens is 548 g/mol. The van der Waals surface area contributed by atoms with Gasteiger partial charge < -0.3 is 28.4 Å². The number of carbonyl (C=O) groups excluding carboxylic acids is 2. The highest BCUT2D eigenvalue weighted by Gasteiger charge is 2.05. The molecule has 43 heavy (non-hydrogen) atoms. The maximum atomic E-state index is 11.8. The lowest BCUT2D eigenvalue weighted by Crippen LogP contribution is -2.15. The Labute approximate surface area is 261 Å². The molecular formula is C35H60O8. The van der Waals surface area contributed by atoms with Crippen molar-refractivity contribution >= 4 is 11.9 Å². The normalized spacial score (nSPS) is 11.1. The number of rotatable bonds is 32. The smallest absolute Gasteiger partial charge is 0.338 e. The highest BCUT2D eigenvalue weighted by Crippen LogP contribution is 2.14. The van der Waals surface area contributed by atoms with Crippen molar-refractivity contribution in [3.05, 3.63) is 35.9 Å². The van der Waals surface area contributed by atoms with E-state index in [-0.39, 0.29) is 25.2 Å². The first-order chi connectivity index (χ1) is 21.2. The predicted octanol–water partition coefficient (Wildman–Crippen LogP) is 7.71. The van der Waals surface area contributed by atoms with Gasteiger partial charge in [-0.3, -0.25) is 4.79 Å². The third-order valence-corrected chi connectivity index (χ3v) is 7.06. The van der Waals surface area contributed by atoms with E-state index in [4.69, 9.17) is 28.4 Å². The van der Waals surface area contributed by atoms with Crippen LogP contribution in [0.3, 0.4) is 0 Å². The monoisotopic (exact) mass is 608 g/mol. The van der Waals surface area contributed by atoms with Crippen molar-refractivity contribution < 1.29 is 38.0 Å². The van der Waals surface area contributed by atoms with E-state index >= 15 is 0 Å². The summed E-state index contributed by atoms with van der Waals surface area (Å²) >= 11 is 0. The van der Waals surface area contributed by atoms with Crippen LogP contribution in [-0.2, 0) is 33.2 Å². The van der Waals surface area contributed by atoms with Gasteiger partial charge in [0.1, 0.15) is 13.2 Å². The second-order valence-electron chi connectivity index (χ2n) is 10.9. The van der Waals surface area contributed by atoms with E-state index in [1.165, 1.54) is 83.5 Å². The fourth-order valence-corrected chi connectivity index (χ4v) is 4.54. The SMILES string of the molecule is CCCCCCCCCCCCCCCCCC(=O)OCCOCCOCCOCCOCCOC(=O)c1ccccc1. The molecule has 0 amide bonds. The molecule has 0 atom stereocenters. The number of hydrogen-bond acceptors (Lipinski definition) is 8. The minimum Gasteiger partial charge on any atom is -0.463 e. The van der Waals surface area contributed by atoms with Gasteiger partial charge in [0.15, 0.2) is 0 Å². The largest absolute Gasteiger partial charge is 0.463 e. The second kappa shape index (κ2) is 31.4. The quantitative estimate of drug-likeness (QED) is 0.0607. The summed E-state index contributed by atoms with van der Waals surface area (Å²) in [5, 5.41) is 0. The highest BCUT2D eigenvalue weighted by atomic mass is 16.6. The van der Waals surface area contributed by atoms with Gasteiger partial charge in [0, 0.05) is 6.42 Å². The van der Waals surface area contributed by atoms with E-state index in [0.29, 0.717) is 64.8 Å². The molecule has 0 radical (unpaired) electrons. The van der Waals surface area contributed by atoms with E-state index in [1.807, 2.05) is 6.07 Å². The van der Waals surface area contributed by atoms with Crippen LogP contribution in [0.15, 0.2) is 30.3 Å². The Balaban J connectivity index is 1.70. The van der Waals surface area contributed by atoms with Gasteiger partial charge in [-0.25, -0.2) is 4.79 Å². The first-order valence-corrected chi connectivity index (χ1v) is 16.9. The number of hydrogen-bond donors (Lipinski definition) is 0. The Bertz CT molecular complexity index is 743. The van der Waals surface area contributed by atoms with Gasteiger partial charge in [-0.15, -0.1) is 0 Å². The van der Waals surface area contributed by atoms with Crippen molar-refractivity contribution in [2.45, 2.75) is 110 Å². The zero-order chi connectivity index (χ0) is 30.9. The molecule has 8 heteroatoms. The van der Waals surface area contributed by atoms with Crippen LogP contribution in [0.1, 0.15) is 120 Å². The molecule has 0 aliphatic carbocycles. The van der Waals surface area contributed by atoms with Gasteiger partial charge in [0.2, 0.25) is 0 Å². The van der Waals surface area contributed by atoms with Crippen molar-refractivity contribution in [1.29, 1.82) is 0 Å². The molecule has 0 aromatic heterocycles. The van der Waals surface area contributed by atoms with E-state index in [9.17, 15) is 9.59 Å². The number of carbonyl (C=O) groups is 2. The van der Waals surface area contributed by atoms with Crippen LogP contribution in [0.2, 0.25) is 0 Å².